The number of rotatable bonds is 12. The molecule has 0 spiro atoms. The Kier molecular flexibility index (Phi) is 15.1. The zero-order chi connectivity index (χ0) is 25.7. The Balaban J connectivity index is 0.00000497. The van der Waals surface area contributed by atoms with E-state index in [0.717, 1.165) is 24.2 Å². The molecule has 0 saturated carbocycles. The van der Waals surface area contributed by atoms with Crippen molar-refractivity contribution in [2.75, 3.05) is 0 Å². The van der Waals surface area contributed by atoms with Crippen LogP contribution in [-0.2, 0) is 4.79 Å². The summed E-state index contributed by atoms with van der Waals surface area (Å²) in [5.41, 5.74) is 6.27. The lowest BCUT2D eigenvalue weighted by Crippen LogP contribution is -2.11. The minimum atomic E-state index is -0.729. The van der Waals surface area contributed by atoms with E-state index >= 15 is 0 Å². The van der Waals surface area contributed by atoms with Crippen LogP contribution in [0.1, 0.15) is 109 Å². The second kappa shape index (κ2) is 16.0. The number of allylic oxidation sites excluding steroid dienone is 3. The first-order valence-electron chi connectivity index (χ1n) is 12.6. The van der Waals surface area contributed by atoms with Gasteiger partial charge in [-0.3, -0.25) is 4.79 Å². The summed E-state index contributed by atoms with van der Waals surface area (Å²) in [7, 11) is 0. The van der Waals surface area contributed by atoms with E-state index in [1.165, 1.54) is 32.7 Å². The van der Waals surface area contributed by atoms with Gasteiger partial charge in [-0.25, -0.2) is 0 Å². The average molecular weight is 473 g/mol. The molecule has 1 rings (SSSR count). The monoisotopic (exact) mass is 472 g/mol. The molecule has 0 saturated heterocycles. The molecular formula is C30H48O2S. The van der Waals surface area contributed by atoms with Gasteiger partial charge in [0, 0.05) is 9.81 Å². The van der Waals surface area contributed by atoms with Crippen molar-refractivity contribution in [3.8, 4) is 0 Å². The molecule has 2 nitrogen and oxygen atoms in total. The maximum absolute atomic E-state index is 11.7. The molecule has 1 aromatic rings. The smallest absolute Gasteiger partial charge is 0.303 e. The van der Waals surface area contributed by atoms with E-state index in [4.69, 9.17) is 0 Å². The lowest BCUT2D eigenvalue weighted by molar-refractivity contribution is -0.137. The maximum atomic E-state index is 11.7. The Bertz CT molecular complexity index is 828. The van der Waals surface area contributed by atoms with Crippen LogP contribution in [0.15, 0.2) is 41.3 Å². The summed E-state index contributed by atoms with van der Waals surface area (Å²) in [6, 6.07) is 4.52. The highest BCUT2D eigenvalue weighted by Gasteiger charge is 2.23. The lowest BCUT2D eigenvalue weighted by atomic mass is 9.86. The Labute approximate surface area is 208 Å². The molecule has 1 aromatic carbocycles. The Morgan fingerprint density at radius 2 is 1.76 bits per heavy atom. The Morgan fingerprint density at radius 3 is 2.24 bits per heavy atom. The van der Waals surface area contributed by atoms with E-state index in [0.29, 0.717) is 11.8 Å². The number of carbonyl (C=O) groups is 1. The van der Waals surface area contributed by atoms with Crippen molar-refractivity contribution in [1.29, 1.82) is 0 Å². The largest absolute Gasteiger partial charge is 0.481 e. The molecule has 0 amide bonds. The minimum Gasteiger partial charge on any atom is -0.481 e. The van der Waals surface area contributed by atoms with Crippen LogP contribution in [0.25, 0.3) is 4.91 Å². The molecule has 1 N–H and O–H groups in total. The normalized spacial score (nSPS) is 13.1. The van der Waals surface area contributed by atoms with Crippen molar-refractivity contribution in [1.82, 2.24) is 0 Å². The molecule has 0 bridgehead atoms. The van der Waals surface area contributed by atoms with Gasteiger partial charge in [0.25, 0.3) is 0 Å². The number of thioether (sulfide) groups is 1. The second-order valence-corrected chi connectivity index (χ2v) is 10.5. The Morgan fingerprint density at radius 1 is 1.15 bits per heavy atom. The zero-order valence-electron chi connectivity index (χ0n) is 22.8. The molecule has 0 aliphatic heterocycles. The number of hydrogen-bond donors (Lipinski definition) is 1. The minimum absolute atomic E-state index is 0.0301. The molecule has 0 unspecified atom stereocenters. The van der Waals surface area contributed by atoms with Crippen molar-refractivity contribution in [3.05, 3.63) is 63.6 Å². The van der Waals surface area contributed by atoms with Gasteiger partial charge in [-0.15, -0.1) is 0 Å². The standard InChI is InChI=1S/C28H42O2S.C2H6/c1-10-11-12-24(17-26(29)30)23(9)28(31-22(8)14-13-18(2)3)27-21(7)15-20(6)16-25(27)19(4)5;1-2/h13-16,18-19,24H,8,10-12,17H2,1-7,9H3,(H,29,30);1-2H3/b14-13-,28-23-;/t24-;/m1./s1. The molecule has 0 aliphatic carbocycles. The van der Waals surface area contributed by atoms with E-state index in [1.807, 2.05) is 13.8 Å². The van der Waals surface area contributed by atoms with E-state index in [9.17, 15) is 9.90 Å². The van der Waals surface area contributed by atoms with Gasteiger partial charge in [-0.2, -0.15) is 0 Å². The number of benzene rings is 1. The van der Waals surface area contributed by atoms with Gasteiger partial charge in [-0.1, -0.05) is 115 Å². The summed E-state index contributed by atoms with van der Waals surface area (Å²) in [5.74, 6) is 0.142. The van der Waals surface area contributed by atoms with Crippen LogP contribution in [0, 0.1) is 25.7 Å². The zero-order valence-corrected chi connectivity index (χ0v) is 23.7. The predicted octanol–water partition coefficient (Wildman–Crippen LogP) is 9.92. The average Bonchev–Trinajstić information content (AvgIpc) is 2.74. The summed E-state index contributed by atoms with van der Waals surface area (Å²) in [4.78, 5) is 13.8. The highest BCUT2D eigenvalue weighted by atomic mass is 32.2. The quantitative estimate of drug-likeness (QED) is 0.307. The number of aryl methyl sites for hydroxylation is 2. The predicted molar refractivity (Wildman–Crippen MR) is 150 cm³/mol. The highest BCUT2D eigenvalue weighted by Crippen LogP contribution is 2.44. The number of aliphatic carboxylic acids is 1. The summed E-state index contributed by atoms with van der Waals surface area (Å²) in [5, 5.41) is 9.59. The van der Waals surface area contributed by atoms with Gasteiger partial charge in [-0.05, 0) is 61.6 Å². The molecule has 3 heteroatoms. The van der Waals surface area contributed by atoms with Crippen molar-refractivity contribution < 1.29 is 9.90 Å². The van der Waals surface area contributed by atoms with Gasteiger partial charge < -0.3 is 5.11 Å². The summed E-state index contributed by atoms with van der Waals surface area (Å²) in [6.45, 7) is 25.7. The number of carboxylic acids is 1. The number of unbranched alkanes of at least 4 members (excludes halogenated alkanes) is 1. The molecule has 0 radical (unpaired) electrons. The second-order valence-electron chi connectivity index (χ2n) is 9.32. The molecule has 1 atom stereocenters. The van der Waals surface area contributed by atoms with Gasteiger partial charge in [0.2, 0.25) is 0 Å². The summed E-state index contributed by atoms with van der Waals surface area (Å²) in [6.07, 6.45) is 7.43. The van der Waals surface area contributed by atoms with E-state index < -0.39 is 5.97 Å². The SMILES string of the molecule is C=C(/C=C\C(C)C)S/C(=C(/C)[C@H](CCCC)CC(=O)O)c1c(C)cc(C)cc1C(C)C.CC. The van der Waals surface area contributed by atoms with Gasteiger partial charge in [0.1, 0.15) is 0 Å². The topological polar surface area (TPSA) is 37.3 Å². The third kappa shape index (κ3) is 10.8. The summed E-state index contributed by atoms with van der Waals surface area (Å²) >= 11 is 1.69. The van der Waals surface area contributed by atoms with Crippen molar-refractivity contribution >= 4 is 22.6 Å². The van der Waals surface area contributed by atoms with Crippen LogP contribution in [0.5, 0.6) is 0 Å². The van der Waals surface area contributed by atoms with Crippen molar-refractivity contribution in [3.63, 3.8) is 0 Å². The number of carboxylic acid groups (broad SMARTS) is 1. The third-order valence-electron chi connectivity index (χ3n) is 5.56. The van der Waals surface area contributed by atoms with E-state index in [1.54, 1.807) is 11.8 Å². The fourth-order valence-corrected chi connectivity index (χ4v) is 5.00. The summed E-state index contributed by atoms with van der Waals surface area (Å²) < 4.78 is 0. The molecule has 0 aromatic heterocycles. The molecule has 186 valence electrons. The van der Waals surface area contributed by atoms with Crippen LogP contribution >= 0.6 is 11.8 Å². The first-order valence-corrected chi connectivity index (χ1v) is 13.4. The van der Waals surface area contributed by atoms with Gasteiger partial charge in [0.05, 0.1) is 6.42 Å². The third-order valence-corrected chi connectivity index (χ3v) is 6.69. The lowest BCUT2D eigenvalue weighted by Gasteiger charge is -2.25. The van der Waals surface area contributed by atoms with Crippen LogP contribution in [0.4, 0.5) is 0 Å². The Hall–Kier alpha value is -1.74. The molecule has 33 heavy (non-hydrogen) atoms. The highest BCUT2D eigenvalue weighted by molar-refractivity contribution is 8.12. The van der Waals surface area contributed by atoms with Gasteiger partial charge >= 0.3 is 5.97 Å². The first-order chi connectivity index (χ1) is 15.5. The number of hydrogen-bond acceptors (Lipinski definition) is 2. The van der Waals surface area contributed by atoms with Crippen molar-refractivity contribution in [2.24, 2.45) is 11.8 Å². The van der Waals surface area contributed by atoms with E-state index in [2.05, 4.69) is 86.3 Å². The molecule has 0 aliphatic rings. The van der Waals surface area contributed by atoms with Crippen LogP contribution in [-0.4, -0.2) is 11.1 Å². The van der Waals surface area contributed by atoms with Crippen LogP contribution in [0.2, 0.25) is 0 Å². The van der Waals surface area contributed by atoms with Crippen molar-refractivity contribution in [2.45, 2.75) is 101 Å². The fourth-order valence-electron chi connectivity index (χ4n) is 3.88. The maximum Gasteiger partial charge on any atom is 0.303 e. The van der Waals surface area contributed by atoms with Gasteiger partial charge in [0.15, 0.2) is 0 Å². The molecular weight excluding hydrogens is 424 g/mol. The van der Waals surface area contributed by atoms with Crippen LogP contribution in [0.3, 0.4) is 0 Å². The fraction of sp³-hybridized carbons (Fsp3) is 0.567. The molecule has 0 fully saturated rings. The van der Waals surface area contributed by atoms with E-state index in [-0.39, 0.29) is 12.3 Å². The molecule has 0 heterocycles. The van der Waals surface area contributed by atoms with Crippen LogP contribution < -0.4 is 0 Å². The first kappa shape index (κ1) is 31.3.